The molecule has 4 heteroatoms. The van der Waals surface area contributed by atoms with E-state index in [9.17, 15) is 9.59 Å². The molecule has 2 aromatic rings. The van der Waals surface area contributed by atoms with Crippen LogP contribution in [0, 0.1) is 5.92 Å². The van der Waals surface area contributed by atoms with E-state index in [0.29, 0.717) is 17.7 Å². The van der Waals surface area contributed by atoms with Crippen LogP contribution in [-0.2, 0) is 16.1 Å². The number of hydrogen-bond donors (Lipinski definition) is 0. The summed E-state index contributed by atoms with van der Waals surface area (Å²) in [5.74, 6) is -0.118. The quantitative estimate of drug-likeness (QED) is 0.364. The zero-order valence-electron chi connectivity index (χ0n) is 16.9. The molecule has 150 valence electrons. The minimum Gasteiger partial charge on any atom is -0.462 e. The van der Waals surface area contributed by atoms with Crippen molar-refractivity contribution >= 4 is 11.9 Å². The largest absolute Gasteiger partial charge is 0.462 e. The van der Waals surface area contributed by atoms with Gasteiger partial charge in [-0.05, 0) is 36.1 Å². The van der Waals surface area contributed by atoms with Gasteiger partial charge < -0.3 is 9.47 Å². The predicted molar refractivity (Wildman–Crippen MR) is 110 cm³/mol. The van der Waals surface area contributed by atoms with Crippen LogP contribution in [-0.4, -0.2) is 18.5 Å². The molecule has 0 spiro atoms. The van der Waals surface area contributed by atoms with Crippen LogP contribution in [0.15, 0.2) is 54.6 Å². The summed E-state index contributed by atoms with van der Waals surface area (Å²) in [5.41, 5.74) is 1.63. The zero-order chi connectivity index (χ0) is 20.2. The molecule has 0 heterocycles. The van der Waals surface area contributed by atoms with Crippen molar-refractivity contribution in [3.8, 4) is 0 Å². The Morgan fingerprint density at radius 1 is 0.786 bits per heavy atom. The van der Waals surface area contributed by atoms with Gasteiger partial charge in [0.15, 0.2) is 0 Å². The number of carbonyl (C=O) groups is 2. The van der Waals surface area contributed by atoms with Crippen molar-refractivity contribution in [1.82, 2.24) is 0 Å². The number of unbranched alkanes of at least 4 members (excludes halogenated alkanes) is 3. The van der Waals surface area contributed by atoms with Crippen LogP contribution in [0.3, 0.4) is 0 Å². The van der Waals surface area contributed by atoms with Crippen molar-refractivity contribution in [3.05, 3.63) is 71.3 Å². The Labute approximate surface area is 167 Å². The maximum Gasteiger partial charge on any atom is 0.338 e. The number of esters is 2. The molecular weight excluding hydrogens is 352 g/mol. The Morgan fingerprint density at radius 2 is 1.43 bits per heavy atom. The van der Waals surface area contributed by atoms with Crippen molar-refractivity contribution in [2.75, 3.05) is 6.61 Å². The molecule has 0 amide bonds. The molecular formula is C24H30O4. The maximum absolute atomic E-state index is 12.2. The minimum atomic E-state index is -0.455. The maximum atomic E-state index is 12.2. The molecule has 0 atom stereocenters. The predicted octanol–water partition coefficient (Wildman–Crippen LogP) is 5.81. The van der Waals surface area contributed by atoms with E-state index in [1.54, 1.807) is 18.2 Å². The van der Waals surface area contributed by atoms with Gasteiger partial charge in [-0.2, -0.15) is 0 Å². The molecule has 28 heavy (non-hydrogen) atoms. The lowest BCUT2D eigenvalue weighted by Crippen LogP contribution is -2.10. The second kappa shape index (κ2) is 12.0. The molecule has 0 aliphatic carbocycles. The third-order valence-corrected chi connectivity index (χ3v) is 4.46. The summed E-state index contributed by atoms with van der Waals surface area (Å²) in [7, 11) is 0. The van der Waals surface area contributed by atoms with E-state index in [2.05, 4.69) is 13.8 Å². The Kier molecular flexibility index (Phi) is 9.26. The molecule has 0 unspecified atom stereocenters. The molecule has 0 N–H and O–H groups in total. The summed E-state index contributed by atoms with van der Waals surface area (Å²) < 4.78 is 10.6. The van der Waals surface area contributed by atoms with E-state index in [1.807, 2.05) is 30.3 Å². The second-order valence-corrected chi connectivity index (χ2v) is 7.38. The highest BCUT2D eigenvalue weighted by Crippen LogP contribution is 2.12. The topological polar surface area (TPSA) is 52.6 Å². The van der Waals surface area contributed by atoms with Crippen LogP contribution >= 0.6 is 0 Å². The van der Waals surface area contributed by atoms with Crippen LogP contribution in [0.4, 0.5) is 0 Å². The lowest BCUT2D eigenvalue weighted by atomic mass is 10.0. The highest BCUT2D eigenvalue weighted by atomic mass is 16.5. The van der Waals surface area contributed by atoms with Gasteiger partial charge in [0.1, 0.15) is 6.61 Å². The van der Waals surface area contributed by atoms with Crippen molar-refractivity contribution < 1.29 is 19.1 Å². The van der Waals surface area contributed by atoms with Gasteiger partial charge in [0.2, 0.25) is 0 Å². The average molecular weight is 383 g/mol. The Morgan fingerprint density at radius 3 is 2.11 bits per heavy atom. The first-order valence-corrected chi connectivity index (χ1v) is 10.0. The zero-order valence-corrected chi connectivity index (χ0v) is 16.9. The number of carbonyl (C=O) groups excluding carboxylic acids is 2. The fraction of sp³-hybridized carbons (Fsp3) is 0.417. The van der Waals surface area contributed by atoms with E-state index in [4.69, 9.17) is 9.47 Å². The van der Waals surface area contributed by atoms with Gasteiger partial charge >= 0.3 is 11.9 Å². The standard InChI is InChI=1S/C24H30O4/c1-19(2)11-6-3-4-9-16-27-23(25)21-14-10-15-22(17-21)24(26)28-18-20-12-7-5-8-13-20/h5,7-8,10,12-15,17,19H,3-4,6,9,11,16,18H2,1-2H3. The van der Waals surface area contributed by atoms with Crippen molar-refractivity contribution in [2.24, 2.45) is 5.92 Å². The van der Waals surface area contributed by atoms with Crippen LogP contribution in [0.25, 0.3) is 0 Å². The van der Waals surface area contributed by atoms with E-state index < -0.39 is 11.9 Å². The summed E-state index contributed by atoms with van der Waals surface area (Å²) in [4.78, 5) is 24.4. The summed E-state index contributed by atoms with van der Waals surface area (Å²) in [5, 5.41) is 0. The molecule has 4 nitrogen and oxygen atoms in total. The molecule has 2 rings (SSSR count). The van der Waals surface area contributed by atoms with E-state index in [0.717, 1.165) is 24.3 Å². The smallest absolute Gasteiger partial charge is 0.338 e. The van der Waals surface area contributed by atoms with E-state index >= 15 is 0 Å². The van der Waals surface area contributed by atoms with E-state index in [1.165, 1.54) is 25.3 Å². The van der Waals surface area contributed by atoms with Crippen LogP contribution in [0.2, 0.25) is 0 Å². The molecule has 0 aliphatic rings. The van der Waals surface area contributed by atoms with Gasteiger partial charge in [-0.1, -0.05) is 75.9 Å². The summed E-state index contributed by atoms with van der Waals surface area (Å²) in [6.45, 7) is 5.06. The van der Waals surface area contributed by atoms with Crippen LogP contribution in [0.1, 0.15) is 72.2 Å². The number of ether oxygens (including phenoxy) is 2. The Hall–Kier alpha value is -2.62. The third kappa shape index (κ3) is 7.95. The highest BCUT2D eigenvalue weighted by Gasteiger charge is 2.12. The van der Waals surface area contributed by atoms with Gasteiger partial charge in [-0.3, -0.25) is 0 Å². The molecule has 2 aromatic carbocycles. The fourth-order valence-corrected chi connectivity index (χ4v) is 2.84. The molecule has 0 fully saturated rings. The summed E-state index contributed by atoms with van der Waals surface area (Å²) in [6.07, 6.45) is 5.55. The van der Waals surface area contributed by atoms with Gasteiger partial charge in [0, 0.05) is 0 Å². The summed E-state index contributed by atoms with van der Waals surface area (Å²) in [6, 6.07) is 16.0. The van der Waals surface area contributed by atoms with Gasteiger partial charge in [-0.25, -0.2) is 9.59 Å². The van der Waals surface area contributed by atoms with Crippen molar-refractivity contribution in [3.63, 3.8) is 0 Å². The van der Waals surface area contributed by atoms with Gasteiger partial charge in [-0.15, -0.1) is 0 Å². The fourth-order valence-electron chi connectivity index (χ4n) is 2.84. The molecule has 0 aromatic heterocycles. The minimum absolute atomic E-state index is 0.200. The first-order valence-electron chi connectivity index (χ1n) is 10.0. The lowest BCUT2D eigenvalue weighted by Gasteiger charge is -2.08. The van der Waals surface area contributed by atoms with Gasteiger partial charge in [0.25, 0.3) is 0 Å². The van der Waals surface area contributed by atoms with Crippen LogP contribution in [0.5, 0.6) is 0 Å². The van der Waals surface area contributed by atoms with Crippen LogP contribution < -0.4 is 0 Å². The van der Waals surface area contributed by atoms with Crippen molar-refractivity contribution in [2.45, 2.75) is 52.6 Å². The first-order chi connectivity index (χ1) is 13.6. The molecule has 0 bridgehead atoms. The average Bonchev–Trinajstić information content (AvgIpc) is 2.71. The number of hydrogen-bond acceptors (Lipinski definition) is 4. The highest BCUT2D eigenvalue weighted by molar-refractivity contribution is 5.95. The lowest BCUT2D eigenvalue weighted by molar-refractivity contribution is 0.0472. The van der Waals surface area contributed by atoms with E-state index in [-0.39, 0.29) is 6.61 Å². The summed E-state index contributed by atoms with van der Waals surface area (Å²) >= 11 is 0. The Bertz CT molecular complexity index is 737. The Balaban J connectivity index is 1.75. The number of benzene rings is 2. The monoisotopic (exact) mass is 382 g/mol. The molecule has 0 saturated carbocycles. The van der Waals surface area contributed by atoms with Crippen molar-refractivity contribution in [1.29, 1.82) is 0 Å². The molecule has 0 radical (unpaired) electrons. The normalized spacial score (nSPS) is 10.7. The first kappa shape index (κ1) is 21.7. The SMILES string of the molecule is CC(C)CCCCCCOC(=O)c1cccc(C(=O)OCc2ccccc2)c1. The third-order valence-electron chi connectivity index (χ3n) is 4.46. The second-order valence-electron chi connectivity index (χ2n) is 7.38. The number of rotatable bonds is 11. The molecule has 0 saturated heterocycles. The molecule has 0 aliphatic heterocycles. The van der Waals surface area contributed by atoms with Gasteiger partial charge in [0.05, 0.1) is 17.7 Å².